The Bertz CT molecular complexity index is 688. The van der Waals surface area contributed by atoms with Crippen molar-refractivity contribution in [1.82, 2.24) is 9.55 Å². The van der Waals surface area contributed by atoms with Crippen LogP contribution in [0.15, 0.2) is 36.2 Å². The molecule has 4 nitrogen and oxygen atoms in total. The number of carboxylic acid groups (broad SMARTS) is 1. The van der Waals surface area contributed by atoms with Crippen molar-refractivity contribution in [3.8, 4) is 0 Å². The van der Waals surface area contributed by atoms with E-state index in [0.717, 1.165) is 17.5 Å². The number of aromatic carboxylic acids is 1. The van der Waals surface area contributed by atoms with Crippen LogP contribution in [0.25, 0.3) is 11.0 Å². The SMILES string of the molecule is CC(CCCCn1cnc2ccc(C(=O)O)cc21)=C(F)F. The van der Waals surface area contributed by atoms with E-state index in [9.17, 15) is 13.6 Å². The number of nitrogens with zero attached hydrogens (tertiary/aromatic N) is 2. The summed E-state index contributed by atoms with van der Waals surface area (Å²) >= 11 is 0. The van der Waals surface area contributed by atoms with Crippen molar-refractivity contribution >= 4 is 17.0 Å². The number of aromatic nitrogens is 2. The summed E-state index contributed by atoms with van der Waals surface area (Å²) in [6.45, 7) is 2.06. The fourth-order valence-corrected chi connectivity index (χ4v) is 2.13. The molecule has 0 saturated heterocycles. The van der Waals surface area contributed by atoms with Gasteiger partial charge in [0.2, 0.25) is 0 Å². The number of carbonyl (C=O) groups is 1. The van der Waals surface area contributed by atoms with Crippen molar-refractivity contribution < 1.29 is 18.7 Å². The molecule has 0 aliphatic carbocycles. The minimum absolute atomic E-state index is 0.124. The lowest BCUT2D eigenvalue weighted by atomic mass is 10.1. The smallest absolute Gasteiger partial charge is 0.335 e. The van der Waals surface area contributed by atoms with E-state index in [4.69, 9.17) is 5.11 Å². The number of aryl methyl sites for hydroxylation is 1. The number of carboxylic acids is 1. The first kappa shape index (κ1) is 15.2. The van der Waals surface area contributed by atoms with E-state index in [2.05, 4.69) is 4.98 Å². The van der Waals surface area contributed by atoms with Gasteiger partial charge in [-0.25, -0.2) is 9.78 Å². The molecule has 2 rings (SSSR count). The Morgan fingerprint density at radius 3 is 2.76 bits per heavy atom. The Balaban J connectivity index is 2.04. The number of fused-ring (bicyclic) bond motifs is 1. The quantitative estimate of drug-likeness (QED) is 0.817. The summed E-state index contributed by atoms with van der Waals surface area (Å²) in [6.07, 6.45) is 1.80. The maximum atomic E-state index is 12.3. The van der Waals surface area contributed by atoms with E-state index in [1.807, 2.05) is 4.57 Å². The first-order valence-corrected chi connectivity index (χ1v) is 6.68. The van der Waals surface area contributed by atoms with Crippen molar-refractivity contribution in [3.05, 3.63) is 41.7 Å². The molecule has 0 spiro atoms. The predicted molar refractivity (Wildman–Crippen MR) is 75.5 cm³/mol. The Kier molecular flexibility index (Phi) is 4.67. The first-order chi connectivity index (χ1) is 9.99. The summed E-state index contributed by atoms with van der Waals surface area (Å²) in [5, 5.41) is 8.99. The van der Waals surface area contributed by atoms with Gasteiger partial charge in [0, 0.05) is 6.54 Å². The van der Waals surface area contributed by atoms with Crippen LogP contribution < -0.4 is 0 Å². The van der Waals surface area contributed by atoms with Crippen LogP contribution in [-0.2, 0) is 6.54 Å². The molecule has 0 bridgehead atoms. The van der Waals surface area contributed by atoms with Crippen molar-refractivity contribution in [1.29, 1.82) is 0 Å². The van der Waals surface area contributed by atoms with Gasteiger partial charge >= 0.3 is 5.97 Å². The van der Waals surface area contributed by atoms with Gasteiger partial charge in [-0.1, -0.05) is 0 Å². The van der Waals surface area contributed by atoms with Gasteiger partial charge in [0.05, 0.1) is 22.9 Å². The topological polar surface area (TPSA) is 55.1 Å². The highest BCUT2D eigenvalue weighted by Gasteiger charge is 2.08. The highest BCUT2D eigenvalue weighted by Crippen LogP contribution is 2.18. The number of benzene rings is 1. The fourth-order valence-electron chi connectivity index (χ4n) is 2.13. The van der Waals surface area contributed by atoms with Crippen LogP contribution in [0.2, 0.25) is 0 Å². The van der Waals surface area contributed by atoms with Gasteiger partial charge in [-0.05, 0) is 50.0 Å². The molecule has 1 heterocycles. The van der Waals surface area contributed by atoms with E-state index in [-0.39, 0.29) is 11.1 Å². The molecule has 0 fully saturated rings. The second-order valence-electron chi connectivity index (χ2n) is 4.94. The van der Waals surface area contributed by atoms with Gasteiger partial charge in [0.25, 0.3) is 6.08 Å². The van der Waals surface area contributed by atoms with Gasteiger partial charge in [-0.15, -0.1) is 0 Å². The number of halogens is 2. The molecule has 21 heavy (non-hydrogen) atoms. The molecule has 0 aliphatic rings. The van der Waals surface area contributed by atoms with Crippen molar-refractivity contribution in [2.45, 2.75) is 32.7 Å². The maximum Gasteiger partial charge on any atom is 0.335 e. The van der Waals surface area contributed by atoms with Gasteiger partial charge < -0.3 is 9.67 Å². The first-order valence-electron chi connectivity index (χ1n) is 6.68. The van der Waals surface area contributed by atoms with Crippen LogP contribution in [0.5, 0.6) is 0 Å². The summed E-state index contributed by atoms with van der Waals surface area (Å²) in [6, 6.07) is 4.76. The molecule has 0 radical (unpaired) electrons. The molecule has 1 aromatic heterocycles. The van der Waals surface area contributed by atoms with Crippen molar-refractivity contribution in [2.75, 3.05) is 0 Å². The number of rotatable bonds is 6. The average Bonchev–Trinajstić information content (AvgIpc) is 2.85. The normalized spacial score (nSPS) is 10.8. The number of hydrogen-bond acceptors (Lipinski definition) is 2. The molecular formula is C15H16F2N2O2. The average molecular weight is 294 g/mol. The third kappa shape index (κ3) is 3.65. The Morgan fingerprint density at radius 2 is 2.10 bits per heavy atom. The molecule has 0 amide bonds. The largest absolute Gasteiger partial charge is 0.478 e. The van der Waals surface area contributed by atoms with E-state index in [0.29, 0.717) is 19.4 Å². The molecule has 6 heteroatoms. The summed E-state index contributed by atoms with van der Waals surface area (Å²) in [5.41, 5.74) is 1.81. The Labute approximate surface area is 120 Å². The highest BCUT2D eigenvalue weighted by atomic mass is 19.3. The second kappa shape index (κ2) is 6.47. The van der Waals surface area contributed by atoms with Crippen LogP contribution in [-0.4, -0.2) is 20.6 Å². The van der Waals surface area contributed by atoms with E-state index >= 15 is 0 Å². The number of unbranched alkanes of at least 4 members (excludes halogenated alkanes) is 1. The predicted octanol–water partition coefficient (Wildman–Crippen LogP) is 4.08. The van der Waals surface area contributed by atoms with Crippen LogP contribution in [0.1, 0.15) is 36.5 Å². The van der Waals surface area contributed by atoms with Gasteiger partial charge in [0.15, 0.2) is 0 Å². The van der Waals surface area contributed by atoms with Gasteiger partial charge in [-0.3, -0.25) is 0 Å². The molecule has 1 N–H and O–H groups in total. The van der Waals surface area contributed by atoms with Crippen molar-refractivity contribution in [2.24, 2.45) is 0 Å². The molecule has 0 atom stereocenters. The minimum Gasteiger partial charge on any atom is -0.478 e. The standard InChI is InChI=1S/C15H16F2N2O2/c1-10(14(16)17)4-2-3-7-19-9-18-12-6-5-11(15(20)21)8-13(12)19/h5-6,8-9H,2-4,7H2,1H3,(H,20,21). The summed E-state index contributed by atoms with van der Waals surface area (Å²) < 4.78 is 26.4. The van der Waals surface area contributed by atoms with Crippen LogP contribution in [0.4, 0.5) is 8.78 Å². The monoisotopic (exact) mass is 294 g/mol. The zero-order chi connectivity index (χ0) is 15.4. The lowest BCUT2D eigenvalue weighted by molar-refractivity contribution is 0.0697. The van der Waals surface area contributed by atoms with Crippen LogP contribution in [0.3, 0.4) is 0 Å². The zero-order valence-electron chi connectivity index (χ0n) is 11.6. The molecule has 2 aromatic rings. The zero-order valence-corrected chi connectivity index (χ0v) is 11.6. The molecule has 0 saturated carbocycles. The Hall–Kier alpha value is -2.24. The number of hydrogen-bond donors (Lipinski definition) is 1. The molecule has 112 valence electrons. The number of allylic oxidation sites excluding steroid dienone is 1. The second-order valence-corrected chi connectivity index (χ2v) is 4.94. The van der Waals surface area contributed by atoms with Gasteiger partial charge in [0.1, 0.15) is 0 Å². The number of imidazole rings is 1. The summed E-state index contributed by atoms with van der Waals surface area (Å²) in [4.78, 5) is 15.2. The lowest BCUT2D eigenvalue weighted by Gasteiger charge is -2.05. The molecular weight excluding hydrogens is 278 g/mol. The van der Waals surface area contributed by atoms with E-state index in [1.165, 1.54) is 13.0 Å². The molecule has 0 unspecified atom stereocenters. The maximum absolute atomic E-state index is 12.3. The lowest BCUT2D eigenvalue weighted by Crippen LogP contribution is -1.99. The fraction of sp³-hybridized carbons (Fsp3) is 0.333. The Morgan fingerprint density at radius 1 is 1.33 bits per heavy atom. The molecule has 0 aliphatic heterocycles. The summed E-state index contributed by atoms with van der Waals surface area (Å²) in [7, 11) is 0. The van der Waals surface area contributed by atoms with E-state index < -0.39 is 12.0 Å². The van der Waals surface area contributed by atoms with Crippen LogP contribution >= 0.6 is 0 Å². The van der Waals surface area contributed by atoms with Crippen LogP contribution in [0, 0.1) is 0 Å². The highest BCUT2D eigenvalue weighted by molar-refractivity contribution is 5.92. The minimum atomic E-state index is -1.60. The van der Waals surface area contributed by atoms with Gasteiger partial charge in [-0.2, -0.15) is 8.78 Å². The molecule has 1 aromatic carbocycles. The van der Waals surface area contributed by atoms with E-state index in [1.54, 1.807) is 18.5 Å². The third-order valence-electron chi connectivity index (χ3n) is 3.39. The third-order valence-corrected chi connectivity index (χ3v) is 3.39. The summed E-state index contributed by atoms with van der Waals surface area (Å²) in [5.74, 6) is -0.983. The van der Waals surface area contributed by atoms with Crippen molar-refractivity contribution in [3.63, 3.8) is 0 Å².